The van der Waals surface area contributed by atoms with Crippen molar-refractivity contribution in [1.82, 2.24) is 9.80 Å². The Morgan fingerprint density at radius 3 is 2.78 bits per heavy atom. The number of hydrogen-bond donors (Lipinski definition) is 1. The van der Waals surface area contributed by atoms with Gasteiger partial charge < -0.3 is 19.3 Å². The number of aliphatic hydroxyl groups is 1. The van der Waals surface area contributed by atoms with E-state index in [1.165, 1.54) is 6.26 Å². The maximum Gasteiger partial charge on any atom is 0.290 e. The number of rotatable bonds is 3. The second-order valence-corrected chi connectivity index (χ2v) is 6.56. The van der Waals surface area contributed by atoms with Crippen LogP contribution in [0.25, 0.3) is 0 Å². The predicted octanol–water partition coefficient (Wildman–Crippen LogP) is 1.50. The largest absolute Gasteiger partial charge is 0.459 e. The van der Waals surface area contributed by atoms with Crippen molar-refractivity contribution < 1.29 is 19.1 Å². The van der Waals surface area contributed by atoms with Gasteiger partial charge in [-0.3, -0.25) is 9.59 Å². The summed E-state index contributed by atoms with van der Waals surface area (Å²) in [4.78, 5) is 28.8. The van der Waals surface area contributed by atoms with Gasteiger partial charge in [0.2, 0.25) is 5.91 Å². The zero-order valence-corrected chi connectivity index (χ0v) is 13.5. The van der Waals surface area contributed by atoms with Gasteiger partial charge in [-0.15, -0.1) is 0 Å². The molecule has 126 valence electrons. The highest BCUT2D eigenvalue weighted by Crippen LogP contribution is 2.26. The molecule has 6 nitrogen and oxygen atoms in total. The number of hydrogen-bond acceptors (Lipinski definition) is 4. The minimum atomic E-state index is -0.407. The molecule has 0 radical (unpaired) electrons. The summed E-state index contributed by atoms with van der Waals surface area (Å²) in [6.07, 6.45) is 4.44. The van der Waals surface area contributed by atoms with Gasteiger partial charge in [-0.1, -0.05) is 0 Å². The van der Waals surface area contributed by atoms with Crippen LogP contribution in [0.4, 0.5) is 0 Å². The summed E-state index contributed by atoms with van der Waals surface area (Å²) < 4.78 is 5.18. The Morgan fingerprint density at radius 1 is 1.30 bits per heavy atom. The Morgan fingerprint density at radius 2 is 2.09 bits per heavy atom. The van der Waals surface area contributed by atoms with Gasteiger partial charge in [-0.2, -0.15) is 0 Å². The first-order valence-corrected chi connectivity index (χ1v) is 8.39. The van der Waals surface area contributed by atoms with Crippen molar-refractivity contribution >= 4 is 11.8 Å². The molecule has 2 amide bonds. The summed E-state index contributed by atoms with van der Waals surface area (Å²) in [6, 6.07) is 2.91. The topological polar surface area (TPSA) is 74.0 Å². The molecule has 1 aromatic heterocycles. The minimum absolute atomic E-state index is 0.00718. The lowest BCUT2D eigenvalue weighted by atomic mass is 9.93. The number of carbonyl (C=O) groups is 2. The molecule has 2 aliphatic heterocycles. The first-order chi connectivity index (χ1) is 11.1. The molecule has 0 spiro atoms. The molecule has 0 saturated carbocycles. The first kappa shape index (κ1) is 16.1. The molecular formula is C17H24N2O4. The van der Waals surface area contributed by atoms with Crippen LogP contribution in [-0.2, 0) is 4.79 Å². The van der Waals surface area contributed by atoms with E-state index in [1.807, 2.05) is 4.90 Å². The van der Waals surface area contributed by atoms with Crippen molar-refractivity contribution in [3.05, 3.63) is 24.2 Å². The highest BCUT2D eigenvalue weighted by Gasteiger charge is 2.39. The maximum atomic E-state index is 12.9. The zero-order chi connectivity index (χ0) is 16.4. The van der Waals surface area contributed by atoms with E-state index in [2.05, 4.69) is 0 Å². The number of aliphatic hydroxyl groups excluding tert-OH is 1. The van der Waals surface area contributed by atoms with Gasteiger partial charge in [0.05, 0.1) is 12.4 Å². The molecule has 2 saturated heterocycles. The summed E-state index contributed by atoms with van der Waals surface area (Å²) in [6.45, 7) is 3.65. The van der Waals surface area contributed by atoms with Crippen molar-refractivity contribution in [2.24, 2.45) is 5.92 Å². The summed E-state index contributed by atoms with van der Waals surface area (Å²) in [7, 11) is 0. The van der Waals surface area contributed by atoms with Gasteiger partial charge in [-0.05, 0) is 44.7 Å². The lowest BCUT2D eigenvalue weighted by Gasteiger charge is -2.37. The fourth-order valence-electron chi connectivity index (χ4n) is 3.62. The molecule has 0 bridgehead atoms. The van der Waals surface area contributed by atoms with Gasteiger partial charge in [0, 0.05) is 25.6 Å². The number of nitrogens with zero attached hydrogens (tertiary/aromatic N) is 2. The summed E-state index contributed by atoms with van der Waals surface area (Å²) in [5.41, 5.74) is 0. The van der Waals surface area contributed by atoms with Crippen molar-refractivity contribution in [3.8, 4) is 0 Å². The molecule has 3 atom stereocenters. The number of carbonyl (C=O) groups excluding carboxylic acids is 2. The zero-order valence-electron chi connectivity index (χ0n) is 13.5. The number of amides is 2. The molecule has 3 heterocycles. The second kappa shape index (κ2) is 6.74. The fraction of sp³-hybridized carbons (Fsp3) is 0.647. The molecule has 6 heteroatoms. The maximum absolute atomic E-state index is 12.9. The average Bonchev–Trinajstić information content (AvgIpc) is 3.25. The molecule has 1 N–H and O–H groups in total. The van der Waals surface area contributed by atoms with E-state index in [-0.39, 0.29) is 23.5 Å². The Hall–Kier alpha value is -1.82. The number of furan rings is 1. The third-order valence-corrected chi connectivity index (χ3v) is 4.98. The van der Waals surface area contributed by atoms with Gasteiger partial charge >= 0.3 is 0 Å². The van der Waals surface area contributed by atoms with Gasteiger partial charge in [0.25, 0.3) is 5.91 Å². The summed E-state index contributed by atoms with van der Waals surface area (Å²) in [5.74, 6) is 0.205. The van der Waals surface area contributed by atoms with E-state index in [1.54, 1.807) is 24.0 Å². The van der Waals surface area contributed by atoms with Crippen molar-refractivity contribution in [2.75, 3.05) is 19.6 Å². The molecule has 1 aromatic rings. The predicted molar refractivity (Wildman–Crippen MR) is 83.8 cm³/mol. The summed E-state index contributed by atoms with van der Waals surface area (Å²) >= 11 is 0. The van der Waals surface area contributed by atoms with Crippen LogP contribution in [0.2, 0.25) is 0 Å². The monoisotopic (exact) mass is 320 g/mol. The van der Waals surface area contributed by atoms with Gasteiger partial charge in [0.1, 0.15) is 6.04 Å². The van der Waals surface area contributed by atoms with Crippen LogP contribution in [0.3, 0.4) is 0 Å². The molecule has 3 rings (SSSR count). The number of piperidine rings is 1. The third kappa shape index (κ3) is 3.27. The van der Waals surface area contributed by atoms with Crippen LogP contribution >= 0.6 is 0 Å². The Bertz CT molecular complexity index is 555. The van der Waals surface area contributed by atoms with Gasteiger partial charge in [-0.25, -0.2) is 0 Å². The van der Waals surface area contributed by atoms with Crippen molar-refractivity contribution in [1.29, 1.82) is 0 Å². The van der Waals surface area contributed by atoms with E-state index >= 15 is 0 Å². The van der Waals surface area contributed by atoms with Crippen molar-refractivity contribution in [2.45, 2.75) is 44.8 Å². The fourth-order valence-corrected chi connectivity index (χ4v) is 3.62. The molecule has 2 aliphatic rings. The standard InChI is InChI=1S/C17H24N2O4/c1-12(20)13-5-2-8-18(11-13)16(21)14-6-3-9-19(14)17(22)15-7-4-10-23-15/h4,7,10,12-14,20H,2-3,5-6,8-9,11H2,1H3. The van der Waals surface area contributed by atoms with E-state index in [9.17, 15) is 14.7 Å². The highest BCUT2D eigenvalue weighted by atomic mass is 16.3. The first-order valence-electron chi connectivity index (χ1n) is 8.39. The Labute approximate surface area is 136 Å². The lowest BCUT2D eigenvalue weighted by molar-refractivity contribution is -0.138. The molecule has 0 aliphatic carbocycles. The van der Waals surface area contributed by atoms with E-state index in [0.717, 1.165) is 19.3 Å². The van der Waals surface area contributed by atoms with Crippen LogP contribution in [0.1, 0.15) is 43.2 Å². The smallest absolute Gasteiger partial charge is 0.290 e. The van der Waals surface area contributed by atoms with E-state index in [0.29, 0.717) is 26.1 Å². The lowest BCUT2D eigenvalue weighted by Crippen LogP contribution is -2.51. The molecular weight excluding hydrogens is 296 g/mol. The quantitative estimate of drug-likeness (QED) is 0.916. The van der Waals surface area contributed by atoms with Crippen LogP contribution in [0, 0.1) is 5.92 Å². The van der Waals surface area contributed by atoms with E-state index in [4.69, 9.17) is 4.42 Å². The molecule has 3 unspecified atom stereocenters. The minimum Gasteiger partial charge on any atom is -0.459 e. The van der Waals surface area contributed by atoms with Crippen LogP contribution in [0.5, 0.6) is 0 Å². The molecule has 2 fully saturated rings. The van der Waals surface area contributed by atoms with E-state index < -0.39 is 12.1 Å². The third-order valence-electron chi connectivity index (χ3n) is 4.98. The highest BCUT2D eigenvalue weighted by molar-refractivity contribution is 5.96. The molecule has 23 heavy (non-hydrogen) atoms. The van der Waals surface area contributed by atoms with Crippen LogP contribution in [-0.4, -0.2) is 58.5 Å². The molecule has 0 aromatic carbocycles. The van der Waals surface area contributed by atoms with Crippen LogP contribution in [0.15, 0.2) is 22.8 Å². The number of likely N-dealkylation sites (tertiary alicyclic amines) is 2. The van der Waals surface area contributed by atoms with Crippen LogP contribution < -0.4 is 0 Å². The van der Waals surface area contributed by atoms with Crippen molar-refractivity contribution in [3.63, 3.8) is 0 Å². The summed E-state index contributed by atoms with van der Waals surface area (Å²) in [5, 5.41) is 9.79. The Balaban J connectivity index is 1.69. The second-order valence-electron chi connectivity index (χ2n) is 6.56. The Kier molecular flexibility index (Phi) is 4.71. The van der Waals surface area contributed by atoms with Gasteiger partial charge in [0.15, 0.2) is 5.76 Å². The average molecular weight is 320 g/mol. The SMILES string of the molecule is CC(O)C1CCCN(C(=O)C2CCCN2C(=O)c2ccco2)C1. The normalized spacial score (nSPS) is 26.3.